The van der Waals surface area contributed by atoms with Gasteiger partial charge in [0.1, 0.15) is 12.4 Å². The highest BCUT2D eigenvalue weighted by Crippen LogP contribution is 2.29. The lowest BCUT2D eigenvalue weighted by atomic mass is 9.94. The minimum absolute atomic E-state index is 0.240. The van der Waals surface area contributed by atoms with E-state index in [4.69, 9.17) is 21.1 Å². The van der Waals surface area contributed by atoms with E-state index in [0.29, 0.717) is 23.3 Å². The van der Waals surface area contributed by atoms with E-state index in [0.717, 1.165) is 42.5 Å². The van der Waals surface area contributed by atoms with Crippen molar-refractivity contribution in [3.05, 3.63) is 44.3 Å². The summed E-state index contributed by atoms with van der Waals surface area (Å²) in [5, 5.41) is 2.50. The molecule has 0 bridgehead atoms. The molecule has 2 aromatic rings. The van der Waals surface area contributed by atoms with Gasteiger partial charge in [-0.05, 0) is 43.4 Å². The van der Waals surface area contributed by atoms with Gasteiger partial charge in [0.05, 0.1) is 22.8 Å². The smallest absolute Gasteiger partial charge is 0.410 e. The van der Waals surface area contributed by atoms with E-state index in [-0.39, 0.29) is 12.7 Å². The number of nitrogens with zero attached hydrogens (tertiary/aromatic N) is 2. The van der Waals surface area contributed by atoms with Gasteiger partial charge in [-0.25, -0.2) is 9.78 Å². The SMILES string of the molecule is O=C(OCc1cscn1)N1CCC(CCOc2cc(Br)ccc2Cl)CC1. The molecule has 0 atom stereocenters. The maximum Gasteiger partial charge on any atom is 0.410 e. The molecule has 1 aliphatic rings. The Morgan fingerprint density at radius 3 is 2.92 bits per heavy atom. The molecule has 8 heteroatoms. The van der Waals surface area contributed by atoms with Crippen molar-refractivity contribution in [1.29, 1.82) is 0 Å². The van der Waals surface area contributed by atoms with Gasteiger partial charge in [0.2, 0.25) is 0 Å². The quantitative estimate of drug-likeness (QED) is 0.582. The summed E-state index contributed by atoms with van der Waals surface area (Å²) in [4.78, 5) is 18.0. The zero-order valence-corrected chi connectivity index (χ0v) is 17.4. The Morgan fingerprint density at radius 2 is 2.19 bits per heavy atom. The van der Waals surface area contributed by atoms with E-state index in [1.807, 2.05) is 23.6 Å². The van der Waals surface area contributed by atoms with E-state index in [1.54, 1.807) is 10.4 Å². The summed E-state index contributed by atoms with van der Waals surface area (Å²) in [7, 11) is 0. The fourth-order valence-corrected chi connectivity index (χ4v) is 3.92. The van der Waals surface area contributed by atoms with Crippen LogP contribution in [0.1, 0.15) is 25.0 Å². The lowest BCUT2D eigenvalue weighted by Crippen LogP contribution is -2.39. The van der Waals surface area contributed by atoms with Crippen LogP contribution in [0.4, 0.5) is 4.79 Å². The molecule has 0 unspecified atom stereocenters. The predicted molar refractivity (Wildman–Crippen MR) is 106 cm³/mol. The van der Waals surface area contributed by atoms with Crippen molar-refractivity contribution in [3.63, 3.8) is 0 Å². The minimum atomic E-state index is -0.256. The molecule has 1 aromatic carbocycles. The van der Waals surface area contributed by atoms with E-state index in [9.17, 15) is 4.79 Å². The van der Waals surface area contributed by atoms with E-state index >= 15 is 0 Å². The minimum Gasteiger partial charge on any atom is -0.492 e. The molecule has 1 saturated heterocycles. The van der Waals surface area contributed by atoms with Crippen LogP contribution in [-0.2, 0) is 11.3 Å². The number of ether oxygens (including phenoxy) is 2. The van der Waals surface area contributed by atoms with E-state index < -0.39 is 0 Å². The number of carbonyl (C=O) groups excluding carboxylic acids is 1. The third-order valence-electron chi connectivity index (χ3n) is 4.38. The summed E-state index contributed by atoms with van der Waals surface area (Å²) in [6.07, 6.45) is 2.61. The van der Waals surface area contributed by atoms with Gasteiger partial charge in [0, 0.05) is 22.9 Å². The maximum atomic E-state index is 12.1. The van der Waals surface area contributed by atoms with Gasteiger partial charge in [0.15, 0.2) is 0 Å². The van der Waals surface area contributed by atoms with Crippen molar-refractivity contribution in [3.8, 4) is 5.75 Å². The van der Waals surface area contributed by atoms with Crippen molar-refractivity contribution < 1.29 is 14.3 Å². The maximum absolute atomic E-state index is 12.1. The number of hydrogen-bond donors (Lipinski definition) is 0. The first-order valence-corrected chi connectivity index (χ1v) is 10.6. The highest BCUT2D eigenvalue weighted by atomic mass is 79.9. The van der Waals surface area contributed by atoms with Crippen LogP contribution in [-0.4, -0.2) is 35.7 Å². The molecule has 140 valence electrons. The summed E-state index contributed by atoms with van der Waals surface area (Å²) >= 11 is 11.0. The number of aromatic nitrogens is 1. The second-order valence-corrected chi connectivity index (χ2v) is 8.22. The van der Waals surface area contributed by atoms with Crippen LogP contribution in [0.15, 0.2) is 33.6 Å². The Balaban J connectivity index is 1.35. The molecule has 1 aliphatic heterocycles. The van der Waals surface area contributed by atoms with Crippen molar-refractivity contribution >= 4 is 45.0 Å². The van der Waals surface area contributed by atoms with Crippen LogP contribution in [0.5, 0.6) is 5.75 Å². The molecule has 26 heavy (non-hydrogen) atoms. The number of likely N-dealkylation sites (tertiary alicyclic amines) is 1. The van der Waals surface area contributed by atoms with E-state index in [1.165, 1.54) is 11.3 Å². The number of thiazole rings is 1. The van der Waals surface area contributed by atoms with Crippen molar-refractivity contribution in [1.82, 2.24) is 9.88 Å². The Hall–Kier alpha value is -1.31. The Labute approximate surface area is 170 Å². The van der Waals surface area contributed by atoms with Crippen molar-refractivity contribution in [2.24, 2.45) is 5.92 Å². The van der Waals surface area contributed by atoms with E-state index in [2.05, 4.69) is 20.9 Å². The van der Waals surface area contributed by atoms with Crippen LogP contribution in [0.3, 0.4) is 0 Å². The van der Waals surface area contributed by atoms with Gasteiger partial charge in [-0.1, -0.05) is 27.5 Å². The Kier molecular flexibility index (Phi) is 7.16. The highest BCUT2D eigenvalue weighted by Gasteiger charge is 2.24. The Morgan fingerprint density at radius 1 is 1.38 bits per heavy atom. The Bertz CT molecular complexity index is 721. The average molecular weight is 460 g/mol. The van der Waals surface area contributed by atoms with Crippen LogP contribution in [0, 0.1) is 5.92 Å². The van der Waals surface area contributed by atoms with Crippen LogP contribution in [0.2, 0.25) is 5.02 Å². The molecule has 0 aliphatic carbocycles. The average Bonchev–Trinajstić information content (AvgIpc) is 3.17. The molecule has 3 rings (SSSR count). The molecule has 2 heterocycles. The lowest BCUT2D eigenvalue weighted by molar-refractivity contribution is 0.0792. The monoisotopic (exact) mass is 458 g/mol. The number of benzene rings is 1. The van der Waals surface area contributed by atoms with Gasteiger partial charge in [-0.2, -0.15) is 0 Å². The number of halogens is 2. The summed E-state index contributed by atoms with van der Waals surface area (Å²) in [5.41, 5.74) is 2.53. The molecule has 1 fully saturated rings. The van der Waals surface area contributed by atoms with Gasteiger partial charge in [-0.15, -0.1) is 11.3 Å². The number of carbonyl (C=O) groups is 1. The third-order valence-corrected chi connectivity index (χ3v) is 5.82. The summed E-state index contributed by atoms with van der Waals surface area (Å²) < 4.78 is 12.1. The van der Waals surface area contributed by atoms with Crippen LogP contribution in [0.25, 0.3) is 0 Å². The molecule has 1 amide bonds. The largest absolute Gasteiger partial charge is 0.492 e. The molecule has 1 aromatic heterocycles. The van der Waals surface area contributed by atoms with Crippen molar-refractivity contribution in [2.75, 3.05) is 19.7 Å². The predicted octanol–water partition coefficient (Wildman–Crippen LogP) is 5.38. The molecular weight excluding hydrogens is 440 g/mol. The number of hydrogen-bond acceptors (Lipinski definition) is 5. The highest BCUT2D eigenvalue weighted by molar-refractivity contribution is 9.10. The fraction of sp³-hybridized carbons (Fsp3) is 0.444. The molecule has 0 saturated carbocycles. The second-order valence-electron chi connectivity index (χ2n) is 6.18. The van der Waals surface area contributed by atoms with Crippen molar-refractivity contribution in [2.45, 2.75) is 25.9 Å². The first-order chi connectivity index (χ1) is 12.6. The first-order valence-electron chi connectivity index (χ1n) is 8.48. The molecule has 5 nitrogen and oxygen atoms in total. The normalized spacial score (nSPS) is 15.1. The third kappa shape index (κ3) is 5.59. The summed E-state index contributed by atoms with van der Waals surface area (Å²) in [6, 6.07) is 5.58. The molecule has 0 spiro atoms. The lowest BCUT2D eigenvalue weighted by Gasteiger charge is -2.31. The van der Waals surface area contributed by atoms with Crippen LogP contribution < -0.4 is 4.74 Å². The fourth-order valence-electron chi connectivity index (χ4n) is 2.86. The number of amides is 1. The topological polar surface area (TPSA) is 51.7 Å². The molecular formula is C18H20BrClN2O3S. The van der Waals surface area contributed by atoms with Gasteiger partial charge in [0.25, 0.3) is 0 Å². The van der Waals surface area contributed by atoms with Gasteiger partial charge < -0.3 is 14.4 Å². The number of rotatable bonds is 6. The summed E-state index contributed by atoms with van der Waals surface area (Å²) in [6.45, 7) is 2.30. The summed E-state index contributed by atoms with van der Waals surface area (Å²) in [5.74, 6) is 1.24. The molecule has 0 radical (unpaired) electrons. The van der Waals surface area contributed by atoms with Gasteiger partial charge in [-0.3, -0.25) is 0 Å². The van der Waals surface area contributed by atoms with Gasteiger partial charge >= 0.3 is 6.09 Å². The zero-order valence-electron chi connectivity index (χ0n) is 14.2. The number of piperidine rings is 1. The first kappa shape index (κ1) is 19.5. The zero-order chi connectivity index (χ0) is 18.4. The second kappa shape index (κ2) is 9.58. The standard InChI is InChI=1S/C18H20BrClN2O3S/c19-14-1-2-16(20)17(9-14)24-8-5-13-3-6-22(7-4-13)18(23)25-10-15-11-26-12-21-15/h1-2,9,11-13H,3-8,10H2. The molecule has 0 N–H and O–H groups in total. The van der Waals surface area contributed by atoms with Crippen LogP contribution >= 0.6 is 38.9 Å².